The molecule has 0 radical (unpaired) electrons. The number of piperazine rings is 1. The van der Waals surface area contributed by atoms with E-state index in [2.05, 4.69) is 17.0 Å². The molecule has 1 aliphatic rings. The number of hydrogen-bond acceptors (Lipinski definition) is 5. The van der Waals surface area contributed by atoms with E-state index in [4.69, 9.17) is 14.2 Å². The third-order valence-electron chi connectivity index (χ3n) is 5.53. The molecule has 0 atom stereocenters. The fourth-order valence-electron chi connectivity index (χ4n) is 3.85. The van der Waals surface area contributed by atoms with Crippen molar-refractivity contribution in [2.45, 2.75) is 6.92 Å². The van der Waals surface area contributed by atoms with Crippen molar-refractivity contribution in [1.82, 2.24) is 4.90 Å². The van der Waals surface area contributed by atoms with Gasteiger partial charge in [-0.25, -0.2) is 0 Å². The number of carbonyl (C=O) groups excluding carboxylic acids is 1. The van der Waals surface area contributed by atoms with Crippen LogP contribution in [-0.4, -0.2) is 56.8 Å². The molecule has 0 unspecified atom stereocenters. The largest absolute Gasteiger partial charge is 0.490 e. The summed E-state index contributed by atoms with van der Waals surface area (Å²) in [7, 11) is 0. The van der Waals surface area contributed by atoms with E-state index >= 15 is 0 Å². The fraction of sp³-hybridized carbons (Fsp3) is 0.296. The molecule has 1 aliphatic heterocycles. The quantitative estimate of drug-likeness (QED) is 0.453. The minimum absolute atomic E-state index is 0.0163. The summed E-state index contributed by atoms with van der Waals surface area (Å²) in [6.45, 7) is 6.21. The average molecular weight is 447 g/mol. The van der Waals surface area contributed by atoms with Crippen LogP contribution in [0.3, 0.4) is 0 Å². The van der Waals surface area contributed by atoms with Gasteiger partial charge in [0.25, 0.3) is 5.91 Å². The first-order valence-corrected chi connectivity index (χ1v) is 11.4. The first kappa shape index (κ1) is 22.5. The summed E-state index contributed by atoms with van der Waals surface area (Å²) in [6, 6.07) is 25.3. The van der Waals surface area contributed by atoms with Crippen LogP contribution in [0.2, 0.25) is 0 Å². The smallest absolute Gasteiger partial charge is 0.254 e. The molecule has 33 heavy (non-hydrogen) atoms. The molecule has 1 amide bonds. The van der Waals surface area contributed by atoms with Crippen molar-refractivity contribution in [3.8, 4) is 17.2 Å². The lowest BCUT2D eigenvalue weighted by Gasteiger charge is -2.36. The first-order valence-electron chi connectivity index (χ1n) is 11.4. The number of rotatable bonds is 9. The maximum Gasteiger partial charge on any atom is 0.254 e. The van der Waals surface area contributed by atoms with Crippen LogP contribution < -0.4 is 19.1 Å². The first-order chi connectivity index (χ1) is 16.2. The maximum absolute atomic E-state index is 13.1. The Bertz CT molecular complexity index is 1020. The topological polar surface area (TPSA) is 51.2 Å². The van der Waals surface area contributed by atoms with Crippen molar-refractivity contribution in [3.05, 3.63) is 84.4 Å². The van der Waals surface area contributed by atoms with E-state index in [-0.39, 0.29) is 5.91 Å². The Kier molecular flexibility index (Phi) is 7.69. The summed E-state index contributed by atoms with van der Waals surface area (Å²) < 4.78 is 17.3. The zero-order chi connectivity index (χ0) is 22.9. The molecule has 6 nitrogen and oxygen atoms in total. The van der Waals surface area contributed by atoms with Gasteiger partial charge in [-0.3, -0.25) is 4.79 Å². The normalized spacial score (nSPS) is 13.5. The second-order valence-electron chi connectivity index (χ2n) is 7.72. The molecule has 0 aromatic heterocycles. The van der Waals surface area contributed by atoms with Gasteiger partial charge in [-0.05, 0) is 49.4 Å². The summed E-state index contributed by atoms with van der Waals surface area (Å²) in [6.07, 6.45) is 0. The highest BCUT2D eigenvalue weighted by Gasteiger charge is 2.23. The van der Waals surface area contributed by atoms with E-state index in [0.717, 1.165) is 18.8 Å². The molecule has 1 heterocycles. The number of ether oxygens (including phenoxy) is 3. The summed E-state index contributed by atoms with van der Waals surface area (Å²) in [5.41, 5.74) is 1.81. The van der Waals surface area contributed by atoms with Crippen molar-refractivity contribution in [3.63, 3.8) is 0 Å². The molecule has 1 saturated heterocycles. The number of carbonyl (C=O) groups is 1. The number of para-hydroxylation sites is 2. The fourth-order valence-corrected chi connectivity index (χ4v) is 3.85. The second kappa shape index (κ2) is 11.3. The lowest BCUT2D eigenvalue weighted by molar-refractivity contribution is 0.0746. The Labute approximate surface area is 195 Å². The third-order valence-corrected chi connectivity index (χ3v) is 5.53. The summed E-state index contributed by atoms with van der Waals surface area (Å²) in [4.78, 5) is 17.3. The zero-order valence-corrected chi connectivity index (χ0v) is 19.0. The van der Waals surface area contributed by atoms with Crippen molar-refractivity contribution in [2.75, 3.05) is 50.9 Å². The van der Waals surface area contributed by atoms with E-state index in [1.165, 1.54) is 5.69 Å². The molecule has 172 valence electrons. The molecule has 4 rings (SSSR count). The lowest BCUT2D eigenvalue weighted by Crippen LogP contribution is -2.48. The number of anilines is 1. The van der Waals surface area contributed by atoms with Gasteiger partial charge in [0.1, 0.15) is 19.0 Å². The van der Waals surface area contributed by atoms with Gasteiger partial charge in [0.2, 0.25) is 0 Å². The van der Waals surface area contributed by atoms with Gasteiger partial charge in [-0.1, -0.05) is 36.4 Å². The standard InChI is InChI=1S/C27H30N2O4/c1-2-31-26-21-22(13-14-25(26)33-20-19-32-24-11-7-4-8-12-24)27(30)29-17-15-28(16-18-29)23-9-5-3-6-10-23/h3-14,21H,2,15-20H2,1H3. The average Bonchev–Trinajstić information content (AvgIpc) is 2.88. The highest BCUT2D eigenvalue weighted by atomic mass is 16.5. The number of amides is 1. The predicted molar refractivity (Wildman–Crippen MR) is 130 cm³/mol. The van der Waals surface area contributed by atoms with E-state index in [1.807, 2.05) is 66.4 Å². The molecule has 3 aromatic carbocycles. The Morgan fingerprint density at radius 2 is 1.42 bits per heavy atom. The molecule has 1 fully saturated rings. The molecule has 0 spiro atoms. The van der Waals surface area contributed by atoms with Crippen LogP contribution >= 0.6 is 0 Å². The predicted octanol–water partition coefficient (Wildman–Crippen LogP) is 4.51. The van der Waals surface area contributed by atoms with E-state index < -0.39 is 0 Å². The van der Waals surface area contributed by atoms with Crippen LogP contribution in [0.5, 0.6) is 17.2 Å². The molecule has 6 heteroatoms. The number of benzene rings is 3. The van der Waals surface area contributed by atoms with Gasteiger partial charge in [-0.2, -0.15) is 0 Å². The van der Waals surface area contributed by atoms with Gasteiger partial charge < -0.3 is 24.0 Å². The van der Waals surface area contributed by atoms with Crippen molar-refractivity contribution < 1.29 is 19.0 Å². The number of nitrogens with zero attached hydrogens (tertiary/aromatic N) is 2. The molecule has 0 N–H and O–H groups in total. The summed E-state index contributed by atoms with van der Waals surface area (Å²) in [5, 5.41) is 0. The molecule has 3 aromatic rings. The molecule has 0 bridgehead atoms. The second-order valence-corrected chi connectivity index (χ2v) is 7.72. The van der Waals surface area contributed by atoms with Crippen molar-refractivity contribution in [2.24, 2.45) is 0 Å². The minimum atomic E-state index is 0.0163. The lowest BCUT2D eigenvalue weighted by atomic mass is 10.1. The van der Waals surface area contributed by atoms with Gasteiger partial charge in [0, 0.05) is 37.4 Å². The Balaban J connectivity index is 1.33. The van der Waals surface area contributed by atoms with Crippen molar-refractivity contribution >= 4 is 11.6 Å². The highest BCUT2D eigenvalue weighted by Crippen LogP contribution is 2.29. The minimum Gasteiger partial charge on any atom is -0.490 e. The van der Waals surface area contributed by atoms with Gasteiger partial charge in [-0.15, -0.1) is 0 Å². The van der Waals surface area contributed by atoms with Crippen LogP contribution in [0.4, 0.5) is 5.69 Å². The van der Waals surface area contributed by atoms with E-state index in [0.29, 0.717) is 50.0 Å². The Morgan fingerprint density at radius 3 is 2.12 bits per heavy atom. The number of hydrogen-bond donors (Lipinski definition) is 0. The third kappa shape index (κ3) is 5.98. The Morgan fingerprint density at radius 1 is 0.758 bits per heavy atom. The highest BCUT2D eigenvalue weighted by molar-refractivity contribution is 5.95. The van der Waals surface area contributed by atoms with Gasteiger partial charge in [0.05, 0.1) is 6.61 Å². The van der Waals surface area contributed by atoms with Gasteiger partial charge in [0.15, 0.2) is 11.5 Å². The SMILES string of the molecule is CCOc1cc(C(=O)N2CCN(c3ccccc3)CC2)ccc1OCCOc1ccccc1. The monoisotopic (exact) mass is 446 g/mol. The van der Waals surface area contributed by atoms with E-state index in [1.54, 1.807) is 12.1 Å². The summed E-state index contributed by atoms with van der Waals surface area (Å²) in [5.74, 6) is 2.01. The van der Waals surface area contributed by atoms with Gasteiger partial charge >= 0.3 is 0 Å². The maximum atomic E-state index is 13.1. The van der Waals surface area contributed by atoms with E-state index in [9.17, 15) is 4.79 Å². The molecular weight excluding hydrogens is 416 g/mol. The Hall–Kier alpha value is -3.67. The van der Waals surface area contributed by atoms with Crippen LogP contribution in [0.25, 0.3) is 0 Å². The zero-order valence-electron chi connectivity index (χ0n) is 19.0. The molecule has 0 saturated carbocycles. The van der Waals surface area contributed by atoms with Crippen LogP contribution in [0, 0.1) is 0 Å². The van der Waals surface area contributed by atoms with Crippen LogP contribution in [0.1, 0.15) is 17.3 Å². The molecule has 0 aliphatic carbocycles. The van der Waals surface area contributed by atoms with Crippen molar-refractivity contribution in [1.29, 1.82) is 0 Å². The van der Waals surface area contributed by atoms with Crippen LogP contribution in [-0.2, 0) is 0 Å². The summed E-state index contributed by atoms with van der Waals surface area (Å²) >= 11 is 0. The molecular formula is C27H30N2O4. The van der Waals surface area contributed by atoms with Crippen LogP contribution in [0.15, 0.2) is 78.9 Å².